The minimum absolute atomic E-state index is 0.266. The Morgan fingerprint density at radius 2 is 2.14 bits per heavy atom. The SMILES string of the molecule is CCNC(=NCC1CC1)NCC1CN(CC(C)C)CCO1. The molecule has 0 radical (unpaired) electrons. The number of aliphatic imine (C=N–C) groups is 1. The van der Waals surface area contributed by atoms with Gasteiger partial charge in [0.15, 0.2) is 5.96 Å². The molecular formula is C16H32N4O. The molecule has 1 unspecified atom stereocenters. The molecule has 1 saturated heterocycles. The second kappa shape index (κ2) is 8.59. The molecular weight excluding hydrogens is 264 g/mol. The first-order valence-electron chi connectivity index (χ1n) is 8.53. The topological polar surface area (TPSA) is 48.9 Å². The maximum atomic E-state index is 5.87. The van der Waals surface area contributed by atoms with E-state index in [-0.39, 0.29) is 6.10 Å². The predicted octanol–water partition coefficient (Wildman–Crippen LogP) is 1.31. The van der Waals surface area contributed by atoms with Crippen molar-refractivity contribution < 1.29 is 4.74 Å². The molecule has 0 aromatic carbocycles. The van der Waals surface area contributed by atoms with Gasteiger partial charge in [-0.3, -0.25) is 9.89 Å². The molecule has 1 atom stereocenters. The van der Waals surface area contributed by atoms with Crippen molar-refractivity contribution in [2.24, 2.45) is 16.8 Å². The highest BCUT2D eigenvalue weighted by molar-refractivity contribution is 5.79. The summed E-state index contributed by atoms with van der Waals surface area (Å²) in [6, 6.07) is 0. The zero-order valence-electron chi connectivity index (χ0n) is 13.9. The highest BCUT2D eigenvalue weighted by Gasteiger charge is 2.22. The van der Waals surface area contributed by atoms with Crippen LogP contribution in [0.3, 0.4) is 0 Å². The Kier molecular flexibility index (Phi) is 6.77. The summed E-state index contributed by atoms with van der Waals surface area (Å²) in [5.41, 5.74) is 0. The molecule has 2 aliphatic rings. The summed E-state index contributed by atoms with van der Waals surface area (Å²) in [5.74, 6) is 2.48. The molecule has 0 bridgehead atoms. The average Bonchev–Trinajstić information content (AvgIpc) is 3.26. The molecule has 5 nitrogen and oxygen atoms in total. The number of hydrogen-bond donors (Lipinski definition) is 2. The molecule has 5 heteroatoms. The largest absolute Gasteiger partial charge is 0.374 e. The summed E-state index contributed by atoms with van der Waals surface area (Å²) in [6.45, 7) is 13.4. The first-order chi connectivity index (χ1) is 10.2. The fourth-order valence-corrected chi connectivity index (χ4v) is 2.66. The van der Waals surface area contributed by atoms with Gasteiger partial charge >= 0.3 is 0 Å². The van der Waals surface area contributed by atoms with Gasteiger partial charge in [-0.15, -0.1) is 0 Å². The monoisotopic (exact) mass is 296 g/mol. The average molecular weight is 296 g/mol. The molecule has 2 N–H and O–H groups in total. The van der Waals surface area contributed by atoms with Gasteiger partial charge in [-0.05, 0) is 31.6 Å². The van der Waals surface area contributed by atoms with E-state index < -0.39 is 0 Å². The molecule has 0 spiro atoms. The lowest BCUT2D eigenvalue weighted by Gasteiger charge is -2.34. The fourth-order valence-electron chi connectivity index (χ4n) is 2.66. The second-order valence-corrected chi connectivity index (χ2v) is 6.69. The highest BCUT2D eigenvalue weighted by atomic mass is 16.5. The van der Waals surface area contributed by atoms with Crippen LogP contribution in [0.4, 0.5) is 0 Å². The summed E-state index contributed by atoms with van der Waals surface area (Å²) in [7, 11) is 0. The normalized spacial score (nSPS) is 24.4. The predicted molar refractivity (Wildman–Crippen MR) is 87.7 cm³/mol. The van der Waals surface area contributed by atoms with Crippen LogP contribution in [0.25, 0.3) is 0 Å². The summed E-state index contributed by atoms with van der Waals surface area (Å²) in [6.07, 6.45) is 2.96. The van der Waals surface area contributed by atoms with Gasteiger partial charge in [0.25, 0.3) is 0 Å². The van der Waals surface area contributed by atoms with Gasteiger partial charge in [0.2, 0.25) is 0 Å². The number of nitrogens with one attached hydrogen (secondary N) is 2. The van der Waals surface area contributed by atoms with E-state index in [9.17, 15) is 0 Å². The molecule has 1 aliphatic carbocycles. The van der Waals surface area contributed by atoms with Gasteiger partial charge in [-0.25, -0.2) is 0 Å². The second-order valence-electron chi connectivity index (χ2n) is 6.69. The number of ether oxygens (including phenoxy) is 1. The van der Waals surface area contributed by atoms with E-state index in [4.69, 9.17) is 4.74 Å². The van der Waals surface area contributed by atoms with Crippen molar-refractivity contribution in [3.8, 4) is 0 Å². The Balaban J connectivity index is 1.72. The molecule has 0 amide bonds. The third-order valence-electron chi connectivity index (χ3n) is 3.89. The van der Waals surface area contributed by atoms with Crippen LogP contribution >= 0.6 is 0 Å². The summed E-state index contributed by atoms with van der Waals surface area (Å²) < 4.78 is 5.87. The van der Waals surface area contributed by atoms with Crippen LogP contribution in [-0.4, -0.2) is 62.8 Å². The number of nitrogens with zero attached hydrogens (tertiary/aromatic N) is 2. The minimum Gasteiger partial charge on any atom is -0.374 e. The Hall–Kier alpha value is -0.810. The Labute approximate surface area is 129 Å². The minimum atomic E-state index is 0.266. The van der Waals surface area contributed by atoms with Crippen molar-refractivity contribution in [2.75, 3.05) is 45.9 Å². The lowest BCUT2D eigenvalue weighted by molar-refractivity contribution is -0.0284. The third-order valence-corrected chi connectivity index (χ3v) is 3.89. The molecule has 1 saturated carbocycles. The van der Waals surface area contributed by atoms with E-state index in [1.165, 1.54) is 12.8 Å². The Bertz CT molecular complexity index is 328. The Morgan fingerprint density at radius 1 is 1.33 bits per heavy atom. The van der Waals surface area contributed by atoms with E-state index in [0.717, 1.165) is 57.8 Å². The van der Waals surface area contributed by atoms with E-state index in [1.807, 2.05) is 0 Å². The van der Waals surface area contributed by atoms with Crippen molar-refractivity contribution in [1.29, 1.82) is 0 Å². The summed E-state index contributed by atoms with van der Waals surface area (Å²) in [5, 5.41) is 6.75. The van der Waals surface area contributed by atoms with E-state index in [1.54, 1.807) is 0 Å². The molecule has 2 fully saturated rings. The maximum absolute atomic E-state index is 5.87. The van der Waals surface area contributed by atoms with Crippen molar-refractivity contribution >= 4 is 5.96 Å². The molecule has 21 heavy (non-hydrogen) atoms. The van der Waals surface area contributed by atoms with Crippen molar-refractivity contribution in [2.45, 2.75) is 39.7 Å². The van der Waals surface area contributed by atoms with Gasteiger partial charge < -0.3 is 15.4 Å². The van der Waals surface area contributed by atoms with Crippen LogP contribution in [0, 0.1) is 11.8 Å². The maximum Gasteiger partial charge on any atom is 0.191 e. The fraction of sp³-hybridized carbons (Fsp3) is 0.938. The van der Waals surface area contributed by atoms with Crippen LogP contribution < -0.4 is 10.6 Å². The van der Waals surface area contributed by atoms with Gasteiger partial charge in [-0.1, -0.05) is 13.8 Å². The highest BCUT2D eigenvalue weighted by Crippen LogP contribution is 2.28. The van der Waals surface area contributed by atoms with E-state index in [2.05, 4.69) is 41.3 Å². The molecule has 1 heterocycles. The molecule has 0 aromatic heterocycles. The van der Waals surface area contributed by atoms with Crippen LogP contribution in [0.1, 0.15) is 33.6 Å². The first kappa shape index (κ1) is 16.6. The van der Waals surface area contributed by atoms with Gasteiger partial charge in [0, 0.05) is 39.3 Å². The number of morpholine rings is 1. The Morgan fingerprint density at radius 3 is 2.81 bits per heavy atom. The smallest absolute Gasteiger partial charge is 0.191 e. The first-order valence-corrected chi connectivity index (χ1v) is 8.53. The summed E-state index contributed by atoms with van der Waals surface area (Å²) >= 11 is 0. The van der Waals surface area contributed by atoms with Crippen LogP contribution in [-0.2, 0) is 4.74 Å². The standard InChI is InChI=1S/C16H32N4O/c1-4-17-16(18-9-14-5-6-14)19-10-15-12-20(7-8-21-15)11-13(2)3/h13-15H,4-12H2,1-3H3,(H2,17,18,19). The van der Waals surface area contributed by atoms with Gasteiger partial charge in [0.1, 0.15) is 0 Å². The lowest BCUT2D eigenvalue weighted by atomic mass is 10.2. The zero-order chi connectivity index (χ0) is 15.1. The van der Waals surface area contributed by atoms with Crippen molar-refractivity contribution in [3.05, 3.63) is 0 Å². The van der Waals surface area contributed by atoms with Crippen LogP contribution in [0.15, 0.2) is 4.99 Å². The van der Waals surface area contributed by atoms with Crippen LogP contribution in [0.2, 0.25) is 0 Å². The van der Waals surface area contributed by atoms with E-state index >= 15 is 0 Å². The molecule has 2 rings (SSSR count). The van der Waals surface area contributed by atoms with Crippen LogP contribution in [0.5, 0.6) is 0 Å². The van der Waals surface area contributed by atoms with Gasteiger partial charge in [0.05, 0.1) is 12.7 Å². The van der Waals surface area contributed by atoms with E-state index in [0.29, 0.717) is 5.92 Å². The van der Waals surface area contributed by atoms with Crippen molar-refractivity contribution in [3.63, 3.8) is 0 Å². The lowest BCUT2D eigenvalue weighted by Crippen LogP contribution is -2.50. The molecule has 0 aromatic rings. The number of guanidine groups is 1. The zero-order valence-corrected chi connectivity index (χ0v) is 13.9. The van der Waals surface area contributed by atoms with Gasteiger partial charge in [-0.2, -0.15) is 0 Å². The number of rotatable bonds is 7. The summed E-state index contributed by atoms with van der Waals surface area (Å²) in [4.78, 5) is 7.16. The third kappa shape index (κ3) is 6.66. The molecule has 122 valence electrons. The molecule has 1 aliphatic heterocycles. The number of hydrogen-bond acceptors (Lipinski definition) is 3. The quantitative estimate of drug-likeness (QED) is 0.549. The van der Waals surface area contributed by atoms with Crippen molar-refractivity contribution in [1.82, 2.24) is 15.5 Å².